The van der Waals surface area contributed by atoms with E-state index in [1.54, 1.807) is 0 Å². The smallest absolute Gasteiger partial charge is 0.804 e. The molecule has 8 bridgehead atoms. The largest absolute Gasteiger partial charge is 4.00 e. The van der Waals surface area contributed by atoms with Gasteiger partial charge in [-0.15, -0.1) is 22.1 Å². The molecular formula is C66H52N8RuS. The molecule has 0 amide bonds. The van der Waals surface area contributed by atoms with E-state index >= 15 is 0 Å². The van der Waals surface area contributed by atoms with Crippen molar-refractivity contribution < 1.29 is 19.5 Å². The number of aliphatic imine (C=N–C) groups is 1. The first-order chi connectivity index (χ1) is 36.5. The van der Waals surface area contributed by atoms with Crippen molar-refractivity contribution >= 4 is 76.1 Å². The van der Waals surface area contributed by atoms with Crippen molar-refractivity contribution in [2.45, 2.75) is 46.7 Å². The third kappa shape index (κ3) is 11.5. The van der Waals surface area contributed by atoms with Crippen LogP contribution in [0.2, 0.25) is 0 Å². The van der Waals surface area contributed by atoms with Crippen LogP contribution in [-0.2, 0) is 32.1 Å². The Morgan fingerprint density at radius 2 is 0.724 bits per heavy atom. The number of benzene rings is 5. The summed E-state index contributed by atoms with van der Waals surface area (Å²) in [5, 5.41) is 10.2. The quantitative estimate of drug-likeness (QED) is 0.0730. The summed E-state index contributed by atoms with van der Waals surface area (Å²) < 4.78 is 0. The van der Waals surface area contributed by atoms with Crippen LogP contribution >= 0.6 is 0 Å². The molecule has 1 aliphatic carbocycles. The standard InChI is InChI=1S/C44H28N4.C16H17N2.C6H8N2S.Ru/c1-5-13-29(14-6-1)41-33-21-23-35(45-33)42(30-15-7-2-8-16-30)37-25-27-39(47-37)44(32-19-11-4-12-20-32)40-28-26-38(48-40)43(31-17-9-3-10-18-31)36-24-22-34(41)46-36;1-10-6-5-7-11(2)16(10)18-14-8-12(3)15(17)13(4)9-14;1-4-3-5(2)8-6(9)7-4;/h1-28H;5-9H,1-4H3;3H,1-2H3,(H,7,8,9);/q-2;-1;;+4/p-1. The van der Waals surface area contributed by atoms with E-state index in [1.807, 2.05) is 76.2 Å². The molecule has 76 heavy (non-hydrogen) atoms. The van der Waals surface area contributed by atoms with Crippen LogP contribution in [0.3, 0.4) is 0 Å². The van der Waals surface area contributed by atoms with Crippen LogP contribution in [0.1, 0.15) is 59.1 Å². The first kappa shape index (κ1) is 52.3. The predicted octanol–water partition coefficient (Wildman–Crippen LogP) is 15.9. The Labute approximate surface area is 462 Å². The number of aryl methyl sites for hydroxylation is 4. The molecule has 10 heteroatoms. The first-order valence-corrected chi connectivity index (χ1v) is 25.2. The minimum Gasteiger partial charge on any atom is -0.804 e. The zero-order valence-electron chi connectivity index (χ0n) is 43.0. The maximum atomic E-state index is 9.76. The van der Waals surface area contributed by atoms with E-state index in [0.717, 1.165) is 123 Å². The van der Waals surface area contributed by atoms with Gasteiger partial charge in [-0.3, -0.25) is 9.97 Å². The van der Waals surface area contributed by atoms with Crippen molar-refractivity contribution in [2.75, 3.05) is 0 Å². The van der Waals surface area contributed by atoms with E-state index in [-0.39, 0.29) is 19.5 Å². The van der Waals surface area contributed by atoms with E-state index in [4.69, 9.17) is 37.6 Å². The van der Waals surface area contributed by atoms with Gasteiger partial charge in [0.15, 0.2) is 0 Å². The summed E-state index contributed by atoms with van der Waals surface area (Å²) >= 11 is 4.76. The molecule has 5 aromatic carbocycles. The maximum absolute atomic E-state index is 9.76. The summed E-state index contributed by atoms with van der Waals surface area (Å²) in [6, 6.07) is 58.1. The maximum Gasteiger partial charge on any atom is 4.00 e. The zero-order valence-corrected chi connectivity index (χ0v) is 45.5. The van der Waals surface area contributed by atoms with Crippen LogP contribution in [0.15, 0.2) is 203 Å². The van der Waals surface area contributed by atoms with E-state index in [2.05, 4.69) is 182 Å². The number of allylic oxidation sites excluding steroid dienone is 4. The number of fused-ring (bicyclic) bond motifs is 8. The van der Waals surface area contributed by atoms with Gasteiger partial charge >= 0.3 is 19.5 Å². The second-order valence-electron chi connectivity index (χ2n) is 18.5. The Morgan fingerprint density at radius 3 is 1.03 bits per heavy atom. The predicted molar refractivity (Wildman–Crippen MR) is 315 cm³/mol. The Hall–Kier alpha value is -8.56. The molecule has 8 nitrogen and oxygen atoms in total. The fraction of sp³-hybridized carbons (Fsp3) is 0.0909. The second kappa shape index (κ2) is 23.3. The van der Waals surface area contributed by atoms with Gasteiger partial charge in [0.05, 0.1) is 34.2 Å². The molecule has 0 unspecified atom stereocenters. The van der Waals surface area contributed by atoms with Crippen LogP contribution < -0.4 is 9.97 Å². The van der Waals surface area contributed by atoms with Crippen LogP contribution in [0.5, 0.6) is 0 Å². The summed E-state index contributed by atoms with van der Waals surface area (Å²) in [7, 11) is 0. The van der Waals surface area contributed by atoms with E-state index in [9.17, 15) is 5.41 Å². The Balaban J connectivity index is 0.000000207. The molecule has 4 aromatic heterocycles. The molecule has 0 saturated carbocycles. The summed E-state index contributed by atoms with van der Waals surface area (Å²) in [5.74, 6) is 0. The number of rotatable bonds is 5. The molecule has 0 fully saturated rings. The van der Waals surface area contributed by atoms with Gasteiger partial charge in [0.1, 0.15) is 0 Å². The Kier molecular flexibility index (Phi) is 16.1. The molecule has 9 aromatic rings. The van der Waals surface area contributed by atoms with Crippen LogP contribution in [0.4, 0.5) is 5.69 Å². The molecule has 0 saturated heterocycles. The summed E-state index contributed by atoms with van der Waals surface area (Å²) in [6.45, 7) is 11.7. The normalized spacial score (nSPS) is 12.3. The zero-order chi connectivity index (χ0) is 52.0. The van der Waals surface area contributed by atoms with Crippen LogP contribution in [0, 0.1) is 27.7 Å². The van der Waals surface area contributed by atoms with Gasteiger partial charge in [-0.25, -0.2) is 15.0 Å². The number of hydrogen-bond donors (Lipinski definition) is 0. The minimum atomic E-state index is 0. The van der Waals surface area contributed by atoms with E-state index < -0.39 is 0 Å². The van der Waals surface area contributed by atoms with Crippen molar-refractivity contribution in [3.8, 4) is 44.5 Å². The Bertz CT molecular complexity index is 3520. The number of hydrogen-bond acceptors (Lipinski definition) is 6. The van der Waals surface area contributed by atoms with Gasteiger partial charge in [0.25, 0.3) is 0 Å². The summed E-state index contributed by atoms with van der Waals surface area (Å²) in [4.78, 5) is 33.8. The molecule has 0 atom stereocenters. The fourth-order valence-electron chi connectivity index (χ4n) is 9.49. The number of nitrogens with zero attached hydrogens (tertiary/aromatic N) is 8. The Morgan fingerprint density at radius 1 is 0.408 bits per heavy atom. The van der Waals surface area contributed by atoms with Gasteiger partial charge in [-0.05, 0) is 140 Å². The van der Waals surface area contributed by atoms with E-state index in [0.29, 0.717) is 10.9 Å². The van der Waals surface area contributed by atoms with Gasteiger partial charge in [-0.1, -0.05) is 175 Å². The molecular weight excluding hydrogens is 1040 g/mol. The van der Waals surface area contributed by atoms with Gasteiger partial charge < -0.3 is 28.0 Å². The molecule has 12 rings (SSSR count). The van der Waals surface area contributed by atoms with Gasteiger partial charge in [0.2, 0.25) is 0 Å². The molecule has 2 aliphatic heterocycles. The average Bonchev–Trinajstić information content (AvgIpc) is 4.27. The molecule has 0 N–H and O–H groups in total. The van der Waals surface area contributed by atoms with Gasteiger partial charge in [-0.2, -0.15) is 5.71 Å². The monoisotopic (exact) mass is 1090 g/mol. The molecule has 0 radical (unpaired) electrons. The molecule has 6 heterocycles. The minimum absolute atomic E-state index is 0. The third-order valence-corrected chi connectivity index (χ3v) is 13.2. The van der Waals surface area contributed by atoms with Crippen molar-refractivity contribution in [2.24, 2.45) is 4.99 Å². The molecule has 3 aliphatic rings. The van der Waals surface area contributed by atoms with Crippen LogP contribution in [0.25, 0.3) is 96.3 Å². The fourth-order valence-corrected chi connectivity index (χ4v) is 9.78. The average molecular weight is 1090 g/mol. The number of aromatic nitrogens is 6. The van der Waals surface area contributed by atoms with Gasteiger partial charge in [0, 0.05) is 16.5 Å². The summed E-state index contributed by atoms with van der Waals surface area (Å²) in [5.41, 5.74) is 23.2. The van der Waals surface area contributed by atoms with Crippen molar-refractivity contribution in [1.29, 1.82) is 0 Å². The number of para-hydroxylation sites is 1. The van der Waals surface area contributed by atoms with Crippen LogP contribution in [-0.4, -0.2) is 31.4 Å². The molecule has 370 valence electrons. The topological polar surface area (TPSA) is 114 Å². The molecule has 0 spiro atoms. The van der Waals surface area contributed by atoms with Crippen molar-refractivity contribution in [3.05, 3.63) is 244 Å². The second-order valence-corrected chi connectivity index (χ2v) is 18.9. The summed E-state index contributed by atoms with van der Waals surface area (Å²) in [6.07, 6.45) is 12.2. The van der Waals surface area contributed by atoms with Crippen molar-refractivity contribution in [3.63, 3.8) is 0 Å². The third-order valence-electron chi connectivity index (χ3n) is 13.0. The van der Waals surface area contributed by atoms with E-state index in [1.165, 1.54) is 11.1 Å². The SMILES string of the molecule is C1=Cc2nc1c(-c1ccccc1)c1ccc([n-]1)c(-c1ccccc1)c1nc(c(-c3ccccc3)c3ccc([n-]3)c2-c2ccccc2)C=C1.CC1=CC(=Nc2c(C)cccc2C)C=C(C)C1=[N-].Cc1cc(C)nc([S-])n1.[Ru+4]. The first-order valence-electron chi connectivity index (χ1n) is 24.8. The van der Waals surface area contributed by atoms with Crippen molar-refractivity contribution in [1.82, 2.24) is 29.9 Å².